The summed E-state index contributed by atoms with van der Waals surface area (Å²) >= 11 is 0. The lowest BCUT2D eigenvalue weighted by Gasteiger charge is -2.66. The second-order valence-electron chi connectivity index (χ2n) is 11.7. The van der Waals surface area contributed by atoms with Gasteiger partial charge in [-0.25, -0.2) is 0 Å². The van der Waals surface area contributed by atoms with Crippen molar-refractivity contribution in [2.24, 2.45) is 11.3 Å². The number of benzene rings is 1. The summed E-state index contributed by atoms with van der Waals surface area (Å²) in [6, 6.07) is 8.30. The number of nitrogens with one attached hydrogen (secondary N) is 1. The van der Waals surface area contributed by atoms with Gasteiger partial charge in [0.15, 0.2) is 5.78 Å². The zero-order valence-corrected chi connectivity index (χ0v) is 19.7. The van der Waals surface area contributed by atoms with Crippen LogP contribution in [0.5, 0.6) is 0 Å². The highest BCUT2D eigenvalue weighted by molar-refractivity contribution is 5.96. The normalized spacial score (nSPS) is 42.4. The van der Waals surface area contributed by atoms with Crippen molar-refractivity contribution >= 4 is 16.7 Å². The van der Waals surface area contributed by atoms with Crippen LogP contribution in [0.3, 0.4) is 0 Å². The van der Waals surface area contributed by atoms with E-state index >= 15 is 0 Å². The van der Waals surface area contributed by atoms with Crippen LogP contribution in [-0.4, -0.2) is 55.6 Å². The molecule has 1 aromatic carbocycles. The van der Waals surface area contributed by atoms with E-state index in [1.807, 2.05) is 12.1 Å². The maximum Gasteiger partial charge on any atom is 0.187 e. The lowest BCUT2D eigenvalue weighted by molar-refractivity contribution is -0.233. The molecule has 0 saturated heterocycles. The van der Waals surface area contributed by atoms with Crippen LogP contribution in [0.25, 0.3) is 10.9 Å². The molecule has 33 heavy (non-hydrogen) atoms. The molecule has 6 rings (SSSR count). The number of carbonyl (C=O) groups is 1. The molecule has 1 aliphatic heterocycles. The van der Waals surface area contributed by atoms with Crippen LogP contribution in [-0.2, 0) is 21.4 Å². The van der Waals surface area contributed by atoms with Gasteiger partial charge in [-0.3, -0.25) is 4.79 Å². The van der Waals surface area contributed by atoms with Crippen molar-refractivity contribution in [1.82, 2.24) is 4.98 Å². The first-order valence-electron chi connectivity index (χ1n) is 12.1. The van der Waals surface area contributed by atoms with E-state index in [1.54, 1.807) is 13.8 Å². The van der Waals surface area contributed by atoms with Gasteiger partial charge in [-0.15, -0.1) is 0 Å². The van der Waals surface area contributed by atoms with Gasteiger partial charge in [0.2, 0.25) is 0 Å². The first kappa shape index (κ1) is 21.5. The van der Waals surface area contributed by atoms with Crippen LogP contribution >= 0.6 is 0 Å². The minimum Gasteiger partial charge on any atom is -0.390 e. The van der Waals surface area contributed by atoms with E-state index in [4.69, 9.17) is 4.74 Å². The average Bonchev–Trinajstić information content (AvgIpc) is 3.25. The van der Waals surface area contributed by atoms with Crippen LogP contribution in [0, 0.1) is 11.3 Å². The van der Waals surface area contributed by atoms with E-state index in [2.05, 4.69) is 31.0 Å². The number of para-hydroxylation sites is 1. The number of aliphatic hydroxyl groups is 3. The van der Waals surface area contributed by atoms with Gasteiger partial charge in [0.1, 0.15) is 11.7 Å². The Hall–Kier alpha value is -1.99. The minimum atomic E-state index is -1.60. The van der Waals surface area contributed by atoms with Crippen LogP contribution in [0.2, 0.25) is 0 Å². The number of hydrogen-bond acceptors (Lipinski definition) is 5. The molecule has 4 aliphatic rings. The monoisotopic (exact) mass is 451 g/mol. The average molecular weight is 452 g/mol. The standard InChI is InChI=1S/C27H33NO5/c1-24(2,31)23-19(29)13-17-20(33-23)9-10-25(3)26(4)14(12-21(30)27(17,25)32)11-16-15-7-5-6-8-18(15)28-22(16)26/h5-8,13-14,20-21,23,28,30-32H,9-12H2,1-4H3/t14-,20+,21+,23?,25?,26-,27+/m1/s1. The Morgan fingerprint density at radius 2 is 1.94 bits per heavy atom. The molecular formula is C27H33NO5. The molecule has 2 fully saturated rings. The van der Waals surface area contributed by atoms with Crippen LogP contribution in [0.15, 0.2) is 35.9 Å². The van der Waals surface area contributed by atoms with Crippen molar-refractivity contribution in [2.75, 3.05) is 0 Å². The molecule has 6 nitrogen and oxygen atoms in total. The maximum absolute atomic E-state index is 13.0. The van der Waals surface area contributed by atoms with E-state index in [0.29, 0.717) is 24.8 Å². The Morgan fingerprint density at radius 3 is 2.67 bits per heavy atom. The summed E-state index contributed by atoms with van der Waals surface area (Å²) in [5.74, 6) is -0.172. The van der Waals surface area contributed by atoms with Crippen molar-refractivity contribution < 1.29 is 24.9 Å². The third-order valence-corrected chi connectivity index (χ3v) is 9.77. The molecule has 7 atom stereocenters. The number of ether oxygens (including phenoxy) is 1. The highest BCUT2D eigenvalue weighted by Gasteiger charge is 2.73. The topological polar surface area (TPSA) is 103 Å². The van der Waals surface area contributed by atoms with Crippen molar-refractivity contribution in [2.45, 2.75) is 88.3 Å². The lowest BCUT2D eigenvalue weighted by Crippen LogP contribution is -2.73. The number of fused-ring (bicyclic) bond motifs is 9. The number of carbonyl (C=O) groups excluding carboxylic acids is 1. The van der Waals surface area contributed by atoms with Crippen molar-refractivity contribution in [1.29, 1.82) is 0 Å². The first-order chi connectivity index (χ1) is 15.4. The van der Waals surface area contributed by atoms with Gasteiger partial charge in [-0.05, 0) is 68.7 Å². The smallest absolute Gasteiger partial charge is 0.187 e. The lowest BCUT2D eigenvalue weighted by atomic mass is 9.42. The van der Waals surface area contributed by atoms with Crippen molar-refractivity contribution in [3.63, 3.8) is 0 Å². The Kier molecular flexibility index (Phi) is 4.15. The molecule has 4 N–H and O–H groups in total. The Bertz CT molecular complexity index is 1210. The zero-order valence-electron chi connectivity index (χ0n) is 19.7. The summed E-state index contributed by atoms with van der Waals surface area (Å²) in [5.41, 5.74) is -0.0337. The van der Waals surface area contributed by atoms with E-state index in [1.165, 1.54) is 17.0 Å². The second-order valence-corrected chi connectivity index (χ2v) is 11.7. The highest BCUT2D eigenvalue weighted by atomic mass is 16.5. The number of hydrogen-bond donors (Lipinski definition) is 4. The maximum atomic E-state index is 13.0. The number of aromatic nitrogens is 1. The van der Waals surface area contributed by atoms with Crippen molar-refractivity contribution in [3.8, 4) is 0 Å². The number of rotatable bonds is 1. The van der Waals surface area contributed by atoms with E-state index < -0.39 is 40.3 Å². The molecule has 0 radical (unpaired) electrons. The van der Waals surface area contributed by atoms with Gasteiger partial charge >= 0.3 is 0 Å². The third-order valence-electron chi connectivity index (χ3n) is 9.77. The van der Waals surface area contributed by atoms with E-state index in [0.717, 1.165) is 17.6 Å². The Balaban J connectivity index is 1.53. The number of H-pyrrole nitrogens is 1. The predicted molar refractivity (Wildman–Crippen MR) is 124 cm³/mol. The SMILES string of the molecule is CC(C)(O)C1O[C@H]2CCC3(C)[C@@]4(C)c5[nH]c6ccccc6c5C[C@@H]4C[C@H](O)[C@@]3(O)C2=CC1=O. The number of aliphatic hydroxyl groups excluding tert-OH is 1. The second kappa shape index (κ2) is 6.36. The quantitative estimate of drug-likeness (QED) is 0.534. The first-order valence-corrected chi connectivity index (χ1v) is 12.1. The molecule has 2 unspecified atom stereocenters. The predicted octanol–water partition coefficient (Wildman–Crippen LogP) is 2.93. The summed E-state index contributed by atoms with van der Waals surface area (Å²) in [6.45, 7) is 7.43. The fraction of sp³-hybridized carbons (Fsp3) is 0.593. The fourth-order valence-corrected chi connectivity index (χ4v) is 7.86. The van der Waals surface area contributed by atoms with Gasteiger partial charge in [0.25, 0.3) is 0 Å². The zero-order chi connectivity index (χ0) is 23.6. The van der Waals surface area contributed by atoms with Gasteiger partial charge in [0.05, 0.1) is 17.8 Å². The van der Waals surface area contributed by atoms with Crippen LogP contribution in [0.4, 0.5) is 0 Å². The van der Waals surface area contributed by atoms with Gasteiger partial charge in [0, 0.05) is 27.4 Å². The summed E-state index contributed by atoms with van der Waals surface area (Å²) in [7, 11) is 0. The van der Waals surface area contributed by atoms with Crippen LogP contribution < -0.4 is 0 Å². The fourth-order valence-electron chi connectivity index (χ4n) is 7.86. The van der Waals surface area contributed by atoms with Crippen LogP contribution in [0.1, 0.15) is 58.2 Å². The summed E-state index contributed by atoms with van der Waals surface area (Å²) < 4.78 is 6.09. The van der Waals surface area contributed by atoms with E-state index in [-0.39, 0.29) is 11.7 Å². The molecular weight excluding hydrogens is 418 g/mol. The molecule has 0 bridgehead atoms. The summed E-state index contributed by atoms with van der Waals surface area (Å²) in [6.07, 6.45) is 1.55. The third kappa shape index (κ3) is 2.40. The molecule has 176 valence electrons. The Morgan fingerprint density at radius 1 is 1.21 bits per heavy atom. The van der Waals surface area contributed by atoms with Gasteiger partial charge < -0.3 is 25.0 Å². The molecule has 2 aromatic rings. The molecule has 3 aliphatic carbocycles. The molecule has 0 amide bonds. The molecule has 6 heteroatoms. The molecule has 0 spiro atoms. The molecule has 2 saturated carbocycles. The molecule has 1 aromatic heterocycles. The van der Waals surface area contributed by atoms with Gasteiger partial charge in [-0.2, -0.15) is 0 Å². The largest absolute Gasteiger partial charge is 0.390 e. The van der Waals surface area contributed by atoms with Crippen molar-refractivity contribution in [3.05, 3.63) is 47.2 Å². The molecule has 2 heterocycles. The number of aromatic amines is 1. The van der Waals surface area contributed by atoms with Gasteiger partial charge in [-0.1, -0.05) is 32.0 Å². The van der Waals surface area contributed by atoms with E-state index in [9.17, 15) is 20.1 Å². The summed E-state index contributed by atoms with van der Waals surface area (Å²) in [5, 5.41) is 35.5. The highest BCUT2D eigenvalue weighted by Crippen LogP contribution is 2.69. The number of ketones is 1. The summed E-state index contributed by atoms with van der Waals surface area (Å²) in [4.78, 5) is 16.7. The Labute approximate surface area is 193 Å². The minimum absolute atomic E-state index is 0.185.